The lowest BCUT2D eigenvalue weighted by atomic mass is 10.1. The van der Waals surface area contributed by atoms with Crippen molar-refractivity contribution in [3.05, 3.63) is 42.4 Å². The number of aromatic amines is 2. The fourth-order valence-electron chi connectivity index (χ4n) is 4.75. The molecule has 0 amide bonds. The smallest absolute Gasteiger partial charge is 0.180 e. The van der Waals surface area contributed by atoms with Crippen LogP contribution in [0.15, 0.2) is 36.7 Å². The number of piperidine rings is 1. The third kappa shape index (κ3) is 3.44. The number of hydrogen-bond donors (Lipinski definition) is 3. The van der Waals surface area contributed by atoms with E-state index in [0.29, 0.717) is 22.9 Å². The minimum absolute atomic E-state index is 0.265. The van der Waals surface area contributed by atoms with Crippen molar-refractivity contribution in [1.82, 2.24) is 35.1 Å². The van der Waals surface area contributed by atoms with E-state index in [4.69, 9.17) is 15.7 Å². The molecule has 34 heavy (non-hydrogen) atoms. The van der Waals surface area contributed by atoms with Crippen LogP contribution in [0, 0.1) is 0 Å². The molecule has 0 aliphatic carbocycles. The van der Waals surface area contributed by atoms with Gasteiger partial charge in [-0.1, -0.05) is 13.8 Å². The van der Waals surface area contributed by atoms with E-state index in [9.17, 15) is 0 Å². The molecule has 5 aromatic rings. The summed E-state index contributed by atoms with van der Waals surface area (Å²) in [6.07, 6.45) is 7.36. The Morgan fingerprint density at radius 3 is 2.68 bits per heavy atom. The van der Waals surface area contributed by atoms with Gasteiger partial charge in [0.05, 0.1) is 28.3 Å². The summed E-state index contributed by atoms with van der Waals surface area (Å²) < 4.78 is 0. The van der Waals surface area contributed by atoms with Gasteiger partial charge in [0.15, 0.2) is 17.2 Å². The second kappa shape index (κ2) is 8.09. The van der Waals surface area contributed by atoms with Crippen molar-refractivity contribution in [2.24, 2.45) is 0 Å². The van der Waals surface area contributed by atoms with E-state index in [2.05, 4.69) is 50.0 Å². The van der Waals surface area contributed by atoms with E-state index in [1.165, 1.54) is 19.3 Å². The Bertz CT molecular complexity index is 1490. The maximum Gasteiger partial charge on any atom is 0.180 e. The summed E-state index contributed by atoms with van der Waals surface area (Å²) >= 11 is 0. The molecule has 0 bridgehead atoms. The highest BCUT2D eigenvalue weighted by Gasteiger charge is 2.20. The second-order valence-corrected chi connectivity index (χ2v) is 9.18. The number of nitrogens with zero attached hydrogens (tertiary/aromatic N) is 6. The molecule has 1 aliphatic rings. The minimum atomic E-state index is 0.265. The number of H-pyrrole nitrogens is 2. The number of nitrogens with one attached hydrogen (secondary N) is 2. The number of aromatic nitrogens is 7. The number of fused-ring (bicyclic) bond motifs is 2. The maximum atomic E-state index is 6.26. The Hall–Kier alpha value is -4.01. The zero-order chi connectivity index (χ0) is 23.2. The standard InChI is InChI=1S/C25H27N9/c1-14(2)20-16(26)12-15(13-28-20)17-6-7-18-21(29-17)23(33-32-18)25-30-22-19(8-9-27-24(22)31-25)34-10-4-3-5-11-34/h6-9,12-14H,3-5,10-11,26H2,1-2H3,(H,32,33)(H,27,30,31). The van der Waals surface area contributed by atoms with E-state index in [-0.39, 0.29) is 5.92 Å². The van der Waals surface area contributed by atoms with Crippen molar-refractivity contribution < 1.29 is 0 Å². The first-order valence-corrected chi connectivity index (χ1v) is 11.8. The van der Waals surface area contributed by atoms with Crippen LogP contribution in [0.3, 0.4) is 0 Å². The third-order valence-corrected chi connectivity index (χ3v) is 6.49. The average molecular weight is 454 g/mol. The van der Waals surface area contributed by atoms with Crippen LogP contribution in [0.1, 0.15) is 44.7 Å². The predicted octanol–water partition coefficient (Wildman–Crippen LogP) is 4.65. The molecule has 0 unspecified atom stereocenters. The molecule has 9 nitrogen and oxygen atoms in total. The molecular weight excluding hydrogens is 426 g/mol. The van der Waals surface area contributed by atoms with Crippen LogP contribution in [-0.2, 0) is 0 Å². The lowest BCUT2D eigenvalue weighted by molar-refractivity contribution is 0.578. The van der Waals surface area contributed by atoms with Gasteiger partial charge in [0, 0.05) is 31.0 Å². The van der Waals surface area contributed by atoms with Gasteiger partial charge in [0.1, 0.15) is 11.0 Å². The summed E-state index contributed by atoms with van der Waals surface area (Å²) in [4.78, 5) is 24.6. The van der Waals surface area contributed by atoms with Gasteiger partial charge in [-0.25, -0.2) is 15.0 Å². The molecule has 9 heteroatoms. The van der Waals surface area contributed by atoms with Gasteiger partial charge in [-0.2, -0.15) is 5.10 Å². The Morgan fingerprint density at radius 1 is 1.03 bits per heavy atom. The fourth-order valence-corrected chi connectivity index (χ4v) is 4.75. The topological polar surface area (TPSA) is 125 Å². The highest BCUT2D eigenvalue weighted by atomic mass is 15.2. The zero-order valence-corrected chi connectivity index (χ0v) is 19.3. The van der Waals surface area contributed by atoms with Crippen molar-refractivity contribution in [3.63, 3.8) is 0 Å². The highest BCUT2D eigenvalue weighted by Crippen LogP contribution is 2.32. The van der Waals surface area contributed by atoms with Crippen molar-refractivity contribution in [2.45, 2.75) is 39.0 Å². The molecule has 6 heterocycles. The summed E-state index contributed by atoms with van der Waals surface area (Å²) in [6, 6.07) is 7.92. The van der Waals surface area contributed by atoms with Crippen molar-refractivity contribution in [1.29, 1.82) is 0 Å². The average Bonchev–Trinajstić information content (AvgIpc) is 3.47. The summed E-state index contributed by atoms with van der Waals surface area (Å²) in [5.74, 6) is 0.914. The van der Waals surface area contributed by atoms with Crippen LogP contribution in [0.5, 0.6) is 0 Å². The second-order valence-electron chi connectivity index (χ2n) is 9.18. The van der Waals surface area contributed by atoms with E-state index >= 15 is 0 Å². The molecule has 0 spiro atoms. The SMILES string of the molecule is CC(C)c1ncc(-c2ccc3[nH]nc(-c4nc5nccc(N6CCCCC6)c5[nH]4)c3n2)cc1N. The van der Waals surface area contributed by atoms with Gasteiger partial charge >= 0.3 is 0 Å². The highest BCUT2D eigenvalue weighted by molar-refractivity contribution is 5.93. The molecule has 0 radical (unpaired) electrons. The van der Waals surface area contributed by atoms with Crippen molar-refractivity contribution in [3.8, 4) is 22.8 Å². The number of anilines is 2. The van der Waals surface area contributed by atoms with Crippen LogP contribution in [0.25, 0.3) is 45.0 Å². The molecule has 1 saturated heterocycles. The molecular formula is C25H27N9. The van der Waals surface area contributed by atoms with E-state index in [1.54, 1.807) is 0 Å². The Balaban J connectivity index is 1.43. The Kier molecular flexibility index (Phi) is 4.90. The van der Waals surface area contributed by atoms with Crippen LogP contribution in [-0.4, -0.2) is 48.2 Å². The monoisotopic (exact) mass is 453 g/mol. The number of hydrogen-bond acceptors (Lipinski definition) is 7. The summed E-state index contributed by atoms with van der Waals surface area (Å²) in [7, 11) is 0. The molecule has 0 saturated carbocycles. The van der Waals surface area contributed by atoms with E-state index in [0.717, 1.165) is 52.3 Å². The molecule has 4 N–H and O–H groups in total. The van der Waals surface area contributed by atoms with Gasteiger partial charge in [-0.05, 0) is 49.4 Å². The number of imidazole rings is 1. The molecule has 0 aromatic carbocycles. The van der Waals surface area contributed by atoms with Crippen molar-refractivity contribution >= 4 is 33.6 Å². The number of pyridine rings is 3. The molecule has 6 rings (SSSR count). The molecule has 1 fully saturated rings. The lowest BCUT2D eigenvalue weighted by Crippen LogP contribution is -2.29. The first kappa shape index (κ1) is 20.6. The third-order valence-electron chi connectivity index (χ3n) is 6.49. The zero-order valence-electron chi connectivity index (χ0n) is 19.3. The Labute approximate surface area is 196 Å². The van der Waals surface area contributed by atoms with Gasteiger partial charge in [0.25, 0.3) is 0 Å². The predicted molar refractivity (Wildman–Crippen MR) is 135 cm³/mol. The molecule has 5 aromatic heterocycles. The lowest BCUT2D eigenvalue weighted by Gasteiger charge is -2.28. The summed E-state index contributed by atoms with van der Waals surface area (Å²) in [6.45, 7) is 6.27. The maximum absolute atomic E-state index is 6.26. The van der Waals surface area contributed by atoms with E-state index in [1.807, 2.05) is 30.6 Å². The van der Waals surface area contributed by atoms with Crippen LogP contribution >= 0.6 is 0 Å². The van der Waals surface area contributed by atoms with Gasteiger partial charge in [-0.3, -0.25) is 10.1 Å². The van der Waals surface area contributed by atoms with Gasteiger partial charge in [-0.15, -0.1) is 0 Å². The summed E-state index contributed by atoms with van der Waals surface area (Å²) in [5.41, 5.74) is 14.5. The van der Waals surface area contributed by atoms with Crippen LogP contribution in [0.2, 0.25) is 0 Å². The molecule has 1 aliphatic heterocycles. The largest absolute Gasteiger partial charge is 0.397 e. The van der Waals surface area contributed by atoms with Crippen LogP contribution in [0.4, 0.5) is 11.4 Å². The molecule has 172 valence electrons. The Morgan fingerprint density at radius 2 is 1.88 bits per heavy atom. The minimum Gasteiger partial charge on any atom is -0.397 e. The first-order valence-electron chi connectivity index (χ1n) is 11.8. The number of nitrogens with two attached hydrogens (primary N) is 1. The number of rotatable bonds is 4. The summed E-state index contributed by atoms with van der Waals surface area (Å²) in [5, 5.41) is 7.61. The quantitative estimate of drug-likeness (QED) is 0.361. The van der Waals surface area contributed by atoms with Crippen molar-refractivity contribution in [2.75, 3.05) is 23.7 Å². The van der Waals surface area contributed by atoms with E-state index < -0.39 is 0 Å². The number of nitrogen functional groups attached to an aromatic ring is 1. The normalized spacial score (nSPS) is 14.5. The first-order chi connectivity index (χ1) is 16.6. The van der Waals surface area contributed by atoms with Gasteiger partial charge in [0.2, 0.25) is 0 Å². The van der Waals surface area contributed by atoms with Crippen LogP contribution < -0.4 is 10.6 Å². The fraction of sp³-hybridized carbons (Fsp3) is 0.320. The molecule has 0 atom stereocenters. The van der Waals surface area contributed by atoms with Gasteiger partial charge < -0.3 is 15.6 Å².